The van der Waals surface area contributed by atoms with E-state index in [4.69, 9.17) is 5.73 Å². The fourth-order valence-corrected chi connectivity index (χ4v) is 5.49. The van der Waals surface area contributed by atoms with E-state index in [2.05, 4.69) is 18.7 Å². The van der Waals surface area contributed by atoms with Gasteiger partial charge in [-0.2, -0.15) is 4.31 Å². The molecule has 5 nitrogen and oxygen atoms in total. The molecule has 1 aliphatic rings. The van der Waals surface area contributed by atoms with Crippen molar-refractivity contribution in [3.8, 4) is 0 Å². The predicted octanol–water partition coefficient (Wildman–Crippen LogP) is 1.23. The summed E-state index contributed by atoms with van der Waals surface area (Å²) in [6.07, 6.45) is 0. The molecule has 0 bridgehead atoms. The highest BCUT2D eigenvalue weighted by molar-refractivity contribution is 7.89. The van der Waals surface area contributed by atoms with Gasteiger partial charge in [0.25, 0.3) is 0 Å². The minimum atomic E-state index is -3.41. The fourth-order valence-electron chi connectivity index (χ4n) is 2.42. The van der Waals surface area contributed by atoms with Crippen LogP contribution in [0.3, 0.4) is 0 Å². The number of thiophene rings is 1. The Bertz CT molecular complexity index is 593. The van der Waals surface area contributed by atoms with Gasteiger partial charge in [-0.3, -0.25) is 4.90 Å². The Morgan fingerprint density at radius 1 is 1.40 bits per heavy atom. The van der Waals surface area contributed by atoms with E-state index < -0.39 is 10.0 Å². The molecule has 1 fully saturated rings. The number of nitrogens with two attached hydrogens (primary N) is 1. The van der Waals surface area contributed by atoms with Crippen LogP contribution in [0.25, 0.3) is 0 Å². The summed E-state index contributed by atoms with van der Waals surface area (Å²) in [7, 11) is -1.38. The first kappa shape index (κ1) is 15.9. The molecule has 1 aliphatic heterocycles. The second kappa shape index (κ2) is 5.38. The SMILES string of the molecule is Cc1sc(CN)cc1S(=O)(=O)N1CCN(C)C(C)(C)C1. The Morgan fingerprint density at radius 3 is 2.55 bits per heavy atom. The highest BCUT2D eigenvalue weighted by Gasteiger charge is 2.38. The van der Waals surface area contributed by atoms with E-state index in [9.17, 15) is 8.42 Å². The van der Waals surface area contributed by atoms with Crippen LogP contribution in [0.2, 0.25) is 0 Å². The van der Waals surface area contributed by atoms with Gasteiger partial charge in [0.1, 0.15) is 0 Å². The lowest BCUT2D eigenvalue weighted by Gasteiger charge is -2.44. The summed E-state index contributed by atoms with van der Waals surface area (Å²) < 4.78 is 27.2. The van der Waals surface area contributed by atoms with Crippen molar-refractivity contribution in [3.05, 3.63) is 15.8 Å². The van der Waals surface area contributed by atoms with Gasteiger partial charge in [-0.05, 0) is 33.9 Å². The van der Waals surface area contributed by atoms with Crippen molar-refractivity contribution in [3.63, 3.8) is 0 Å². The second-order valence-corrected chi connectivity index (χ2v) is 9.16. The van der Waals surface area contributed by atoms with Crippen molar-refractivity contribution in [1.82, 2.24) is 9.21 Å². The molecule has 2 heterocycles. The first-order valence-corrected chi connectivity index (χ1v) is 8.95. The quantitative estimate of drug-likeness (QED) is 0.910. The van der Waals surface area contributed by atoms with E-state index in [0.717, 1.165) is 16.3 Å². The molecular weight excluding hydrogens is 294 g/mol. The van der Waals surface area contributed by atoms with E-state index in [0.29, 0.717) is 24.5 Å². The average Bonchev–Trinajstić information content (AvgIpc) is 2.74. The van der Waals surface area contributed by atoms with E-state index in [1.807, 2.05) is 14.0 Å². The van der Waals surface area contributed by atoms with Crippen LogP contribution in [0.15, 0.2) is 11.0 Å². The molecule has 20 heavy (non-hydrogen) atoms. The van der Waals surface area contributed by atoms with Gasteiger partial charge < -0.3 is 5.73 Å². The highest BCUT2D eigenvalue weighted by Crippen LogP contribution is 2.30. The smallest absolute Gasteiger partial charge is 0.244 e. The lowest BCUT2D eigenvalue weighted by molar-refractivity contribution is 0.0801. The van der Waals surface area contributed by atoms with Crippen LogP contribution in [0.4, 0.5) is 0 Å². The summed E-state index contributed by atoms with van der Waals surface area (Å²) in [4.78, 5) is 4.35. The summed E-state index contributed by atoms with van der Waals surface area (Å²) in [5.41, 5.74) is 5.46. The molecule has 7 heteroatoms. The number of hydrogen-bond donors (Lipinski definition) is 1. The lowest BCUT2D eigenvalue weighted by atomic mass is 10.0. The molecule has 0 aromatic carbocycles. The molecule has 0 aliphatic carbocycles. The summed E-state index contributed by atoms with van der Waals surface area (Å²) in [6, 6.07) is 1.72. The van der Waals surface area contributed by atoms with Gasteiger partial charge in [0.15, 0.2) is 0 Å². The van der Waals surface area contributed by atoms with E-state index >= 15 is 0 Å². The van der Waals surface area contributed by atoms with Gasteiger partial charge >= 0.3 is 0 Å². The monoisotopic (exact) mass is 317 g/mol. The highest BCUT2D eigenvalue weighted by atomic mass is 32.2. The van der Waals surface area contributed by atoms with Gasteiger partial charge in [0, 0.05) is 41.5 Å². The zero-order valence-corrected chi connectivity index (χ0v) is 14.1. The lowest BCUT2D eigenvalue weighted by Crippen LogP contribution is -2.58. The van der Waals surface area contributed by atoms with Crippen LogP contribution in [-0.4, -0.2) is 49.8 Å². The molecule has 1 aromatic rings. The number of aryl methyl sites for hydroxylation is 1. The third-order valence-electron chi connectivity index (χ3n) is 4.02. The Kier molecular flexibility index (Phi) is 4.28. The first-order valence-electron chi connectivity index (χ1n) is 6.69. The largest absolute Gasteiger partial charge is 0.326 e. The third-order valence-corrected chi connectivity index (χ3v) is 7.20. The van der Waals surface area contributed by atoms with Gasteiger partial charge in [-0.1, -0.05) is 0 Å². The van der Waals surface area contributed by atoms with Crippen LogP contribution in [0, 0.1) is 6.92 Å². The number of sulfonamides is 1. The molecule has 0 atom stereocenters. The standard InChI is InChI=1S/C13H23N3O2S2/c1-10-12(7-11(8-14)19-10)20(17,18)16-6-5-15(4)13(2,3)9-16/h7H,5-6,8-9,14H2,1-4H3. The number of nitrogens with zero attached hydrogens (tertiary/aromatic N) is 2. The maximum atomic E-state index is 12.8. The van der Waals surface area contributed by atoms with Crippen LogP contribution in [0.5, 0.6) is 0 Å². The van der Waals surface area contributed by atoms with E-state index in [1.165, 1.54) is 11.3 Å². The molecule has 2 rings (SSSR count). The third kappa shape index (κ3) is 2.78. The first-order chi connectivity index (χ1) is 9.18. The second-order valence-electron chi connectivity index (χ2n) is 5.91. The summed E-state index contributed by atoms with van der Waals surface area (Å²) >= 11 is 1.46. The van der Waals surface area contributed by atoms with Crippen molar-refractivity contribution in [2.75, 3.05) is 26.7 Å². The normalized spacial score (nSPS) is 21.2. The number of piperazine rings is 1. The molecule has 0 unspecified atom stereocenters. The molecule has 2 N–H and O–H groups in total. The molecule has 0 radical (unpaired) electrons. The molecule has 0 amide bonds. The van der Waals surface area contributed by atoms with Gasteiger partial charge in [0.05, 0.1) is 4.90 Å². The van der Waals surface area contributed by atoms with Crippen molar-refractivity contribution in [2.45, 2.75) is 37.8 Å². The zero-order chi connectivity index (χ0) is 15.1. The van der Waals surface area contributed by atoms with Crippen LogP contribution >= 0.6 is 11.3 Å². The molecular formula is C13H23N3O2S2. The van der Waals surface area contributed by atoms with E-state index in [1.54, 1.807) is 10.4 Å². The van der Waals surface area contributed by atoms with Crippen molar-refractivity contribution >= 4 is 21.4 Å². The van der Waals surface area contributed by atoms with Gasteiger partial charge in [0.2, 0.25) is 10.0 Å². The van der Waals surface area contributed by atoms with Crippen LogP contribution in [-0.2, 0) is 16.6 Å². The number of rotatable bonds is 3. The molecule has 1 saturated heterocycles. The number of hydrogen-bond acceptors (Lipinski definition) is 5. The minimum Gasteiger partial charge on any atom is -0.326 e. The maximum absolute atomic E-state index is 12.8. The summed E-state index contributed by atoms with van der Waals surface area (Å²) in [5, 5.41) is 0. The van der Waals surface area contributed by atoms with E-state index in [-0.39, 0.29) is 5.54 Å². The fraction of sp³-hybridized carbons (Fsp3) is 0.692. The molecule has 0 saturated carbocycles. The molecule has 0 spiro atoms. The Balaban J connectivity index is 2.33. The predicted molar refractivity (Wildman–Crippen MR) is 82.4 cm³/mol. The Morgan fingerprint density at radius 2 is 2.05 bits per heavy atom. The zero-order valence-electron chi connectivity index (χ0n) is 12.5. The minimum absolute atomic E-state index is 0.147. The Hall–Kier alpha value is -0.470. The van der Waals surface area contributed by atoms with Crippen molar-refractivity contribution < 1.29 is 8.42 Å². The van der Waals surface area contributed by atoms with Crippen LogP contribution < -0.4 is 5.73 Å². The van der Waals surface area contributed by atoms with Gasteiger partial charge in [-0.15, -0.1) is 11.3 Å². The summed E-state index contributed by atoms with van der Waals surface area (Å²) in [6.45, 7) is 8.17. The maximum Gasteiger partial charge on any atom is 0.244 e. The van der Waals surface area contributed by atoms with Gasteiger partial charge in [-0.25, -0.2) is 8.42 Å². The number of likely N-dealkylation sites (N-methyl/N-ethyl adjacent to an activating group) is 1. The van der Waals surface area contributed by atoms with Crippen molar-refractivity contribution in [2.24, 2.45) is 5.73 Å². The molecule has 114 valence electrons. The average molecular weight is 317 g/mol. The topological polar surface area (TPSA) is 66.6 Å². The van der Waals surface area contributed by atoms with Crippen molar-refractivity contribution in [1.29, 1.82) is 0 Å². The summed E-state index contributed by atoms with van der Waals surface area (Å²) in [5.74, 6) is 0. The van der Waals surface area contributed by atoms with Crippen LogP contribution in [0.1, 0.15) is 23.6 Å². The molecule has 1 aromatic heterocycles. The Labute approximate surface area is 125 Å².